The Balaban J connectivity index is 1.60. The van der Waals surface area contributed by atoms with Crippen LogP contribution in [0.25, 0.3) is 22.5 Å². The van der Waals surface area contributed by atoms with Gasteiger partial charge in [0.15, 0.2) is 5.82 Å². The van der Waals surface area contributed by atoms with Crippen LogP contribution in [0.1, 0.15) is 18.3 Å². The molecule has 0 aliphatic rings. The maximum atomic E-state index is 4.44. The Kier molecular flexibility index (Phi) is 5.29. The van der Waals surface area contributed by atoms with Gasteiger partial charge in [-0.05, 0) is 34.0 Å². The molecule has 28 heavy (non-hydrogen) atoms. The Morgan fingerprint density at radius 1 is 1.07 bits per heavy atom. The molecule has 4 rings (SSSR count). The number of tetrazole rings is 1. The van der Waals surface area contributed by atoms with Gasteiger partial charge in [0.25, 0.3) is 0 Å². The van der Waals surface area contributed by atoms with Crippen molar-refractivity contribution in [2.75, 3.05) is 0 Å². The van der Waals surface area contributed by atoms with Crippen LogP contribution in [0.2, 0.25) is 0 Å². The molecular formula is C20H19N7S. The fraction of sp³-hybridized carbons (Fsp3) is 0.150. The molecule has 1 N–H and O–H groups in total. The molecule has 2 aromatic heterocycles. The molecule has 0 aliphatic carbocycles. The molecule has 8 heteroatoms. The van der Waals surface area contributed by atoms with Crippen molar-refractivity contribution >= 4 is 12.6 Å². The molecule has 2 heterocycles. The zero-order valence-corrected chi connectivity index (χ0v) is 16.2. The first-order valence-corrected chi connectivity index (χ1v) is 9.35. The van der Waals surface area contributed by atoms with Crippen molar-refractivity contribution in [2.45, 2.75) is 25.0 Å². The highest BCUT2D eigenvalue weighted by Crippen LogP contribution is 2.29. The van der Waals surface area contributed by atoms with Crippen LogP contribution in [0.15, 0.2) is 65.8 Å². The molecule has 4 aromatic rings. The number of aromatic nitrogens is 7. The lowest BCUT2D eigenvalue weighted by atomic mass is 9.98. The number of rotatable bonds is 6. The summed E-state index contributed by atoms with van der Waals surface area (Å²) >= 11 is 4.28. The van der Waals surface area contributed by atoms with Crippen molar-refractivity contribution in [1.82, 2.24) is 35.4 Å². The van der Waals surface area contributed by atoms with Crippen molar-refractivity contribution in [3.63, 3.8) is 0 Å². The molecule has 140 valence electrons. The molecule has 0 aliphatic heterocycles. The van der Waals surface area contributed by atoms with Crippen LogP contribution in [0.4, 0.5) is 0 Å². The van der Waals surface area contributed by atoms with Gasteiger partial charge in [-0.15, -0.1) is 22.8 Å². The third-order valence-electron chi connectivity index (χ3n) is 4.41. The van der Waals surface area contributed by atoms with Crippen LogP contribution in [-0.4, -0.2) is 35.4 Å². The molecule has 0 radical (unpaired) electrons. The van der Waals surface area contributed by atoms with Gasteiger partial charge >= 0.3 is 0 Å². The highest BCUT2D eigenvalue weighted by Gasteiger charge is 2.11. The molecular weight excluding hydrogens is 370 g/mol. The van der Waals surface area contributed by atoms with Crippen molar-refractivity contribution in [3.8, 4) is 22.5 Å². The first-order valence-electron chi connectivity index (χ1n) is 8.91. The zero-order valence-electron chi connectivity index (χ0n) is 15.3. The summed E-state index contributed by atoms with van der Waals surface area (Å²) < 4.78 is 1.88. The largest absolute Gasteiger partial charge is 0.245 e. The van der Waals surface area contributed by atoms with E-state index in [-0.39, 0.29) is 0 Å². The molecule has 0 saturated carbocycles. The van der Waals surface area contributed by atoms with E-state index in [0.717, 1.165) is 28.1 Å². The third kappa shape index (κ3) is 3.86. The topological polar surface area (TPSA) is 85.2 Å². The summed E-state index contributed by atoms with van der Waals surface area (Å²) in [5.41, 5.74) is 4.29. The average molecular weight is 389 g/mol. The van der Waals surface area contributed by atoms with E-state index in [1.165, 1.54) is 0 Å². The van der Waals surface area contributed by atoms with Crippen molar-refractivity contribution in [3.05, 3.63) is 72.1 Å². The number of aromatic amines is 1. The van der Waals surface area contributed by atoms with E-state index < -0.39 is 0 Å². The fourth-order valence-corrected chi connectivity index (χ4v) is 3.27. The van der Waals surface area contributed by atoms with Gasteiger partial charge in [0, 0.05) is 12.0 Å². The lowest BCUT2D eigenvalue weighted by Gasteiger charge is -2.08. The number of allylic oxidation sites excluding steroid dienone is 2. The second-order valence-electron chi connectivity index (χ2n) is 6.25. The van der Waals surface area contributed by atoms with Crippen LogP contribution in [0.3, 0.4) is 0 Å². The van der Waals surface area contributed by atoms with Crippen LogP contribution in [0, 0.1) is 0 Å². The van der Waals surface area contributed by atoms with Gasteiger partial charge in [-0.25, -0.2) is 14.8 Å². The Morgan fingerprint density at radius 3 is 2.57 bits per heavy atom. The van der Waals surface area contributed by atoms with E-state index in [9.17, 15) is 0 Å². The van der Waals surface area contributed by atoms with Crippen LogP contribution in [-0.2, 0) is 13.0 Å². The summed E-state index contributed by atoms with van der Waals surface area (Å²) in [7, 11) is 0. The lowest BCUT2D eigenvalue weighted by Crippen LogP contribution is -2.05. The second kappa shape index (κ2) is 8.18. The summed E-state index contributed by atoms with van der Waals surface area (Å²) in [6, 6.07) is 16.5. The molecule has 0 fully saturated rings. The van der Waals surface area contributed by atoms with Gasteiger partial charge in [-0.3, -0.25) is 0 Å². The number of nitrogens with zero attached hydrogens (tertiary/aromatic N) is 6. The Morgan fingerprint density at radius 2 is 1.86 bits per heavy atom. The molecule has 0 unspecified atom stereocenters. The van der Waals surface area contributed by atoms with Gasteiger partial charge in [-0.1, -0.05) is 60.7 Å². The zero-order chi connectivity index (χ0) is 19.3. The molecule has 0 saturated heterocycles. The molecule has 0 spiro atoms. The van der Waals surface area contributed by atoms with Gasteiger partial charge < -0.3 is 0 Å². The fourth-order valence-electron chi connectivity index (χ4n) is 3.04. The van der Waals surface area contributed by atoms with Crippen molar-refractivity contribution in [2.24, 2.45) is 0 Å². The SMILES string of the molecule is CC=CCn1nc(S)nc1Cc1ccc(-c2ccccc2-c2nnn[nH]2)cc1. The maximum absolute atomic E-state index is 4.44. The summed E-state index contributed by atoms with van der Waals surface area (Å²) in [5, 5.41) is 19.1. The quantitative estimate of drug-likeness (QED) is 0.389. The predicted molar refractivity (Wildman–Crippen MR) is 110 cm³/mol. The molecule has 0 bridgehead atoms. The second-order valence-corrected chi connectivity index (χ2v) is 6.65. The number of hydrogen-bond acceptors (Lipinski definition) is 6. The number of benzene rings is 2. The van der Waals surface area contributed by atoms with Crippen LogP contribution >= 0.6 is 12.6 Å². The number of thiol groups is 1. The van der Waals surface area contributed by atoms with E-state index in [0.29, 0.717) is 23.9 Å². The highest BCUT2D eigenvalue weighted by atomic mass is 32.1. The number of hydrogen-bond donors (Lipinski definition) is 2. The molecule has 0 atom stereocenters. The van der Waals surface area contributed by atoms with Crippen LogP contribution < -0.4 is 0 Å². The van der Waals surface area contributed by atoms with E-state index in [2.05, 4.69) is 73.7 Å². The number of H-pyrrole nitrogens is 1. The summed E-state index contributed by atoms with van der Waals surface area (Å²) in [6.07, 6.45) is 4.74. The van der Waals surface area contributed by atoms with Gasteiger partial charge in [0.1, 0.15) is 5.82 Å². The van der Waals surface area contributed by atoms with Crippen LogP contribution in [0.5, 0.6) is 0 Å². The predicted octanol–water partition coefficient (Wildman–Crippen LogP) is 3.58. The van der Waals surface area contributed by atoms with E-state index in [4.69, 9.17) is 0 Å². The van der Waals surface area contributed by atoms with E-state index >= 15 is 0 Å². The summed E-state index contributed by atoms with van der Waals surface area (Å²) in [6.45, 7) is 2.68. The molecule has 2 aromatic carbocycles. The highest BCUT2D eigenvalue weighted by molar-refractivity contribution is 7.80. The van der Waals surface area contributed by atoms with Gasteiger partial charge in [0.2, 0.25) is 5.16 Å². The number of nitrogens with one attached hydrogen (secondary N) is 1. The standard InChI is InChI=1S/C20H19N7S/c1-2-3-12-27-18(21-20(28)24-27)13-14-8-10-15(11-9-14)16-6-4-5-7-17(16)19-22-25-26-23-19/h2-11H,12-13H2,1H3,(H,24,28)(H,22,23,25,26). The molecule has 7 nitrogen and oxygen atoms in total. The monoisotopic (exact) mass is 389 g/mol. The summed E-state index contributed by atoms with van der Waals surface area (Å²) in [4.78, 5) is 4.44. The molecule has 0 amide bonds. The van der Waals surface area contributed by atoms with Gasteiger partial charge in [0.05, 0.1) is 6.54 Å². The minimum Gasteiger partial charge on any atom is -0.245 e. The normalized spacial score (nSPS) is 11.4. The minimum absolute atomic E-state index is 0.491. The van der Waals surface area contributed by atoms with Gasteiger partial charge in [-0.2, -0.15) is 0 Å². The smallest absolute Gasteiger partial charge is 0.205 e. The minimum atomic E-state index is 0.491. The summed E-state index contributed by atoms with van der Waals surface area (Å²) in [5.74, 6) is 1.54. The Bertz CT molecular complexity index is 1080. The van der Waals surface area contributed by atoms with E-state index in [1.807, 2.05) is 42.0 Å². The third-order valence-corrected chi connectivity index (χ3v) is 4.60. The lowest BCUT2D eigenvalue weighted by molar-refractivity contribution is 0.648. The van der Waals surface area contributed by atoms with Crippen molar-refractivity contribution in [1.29, 1.82) is 0 Å². The Labute approximate surface area is 167 Å². The maximum Gasteiger partial charge on any atom is 0.205 e. The van der Waals surface area contributed by atoms with Crippen molar-refractivity contribution < 1.29 is 0 Å². The first kappa shape index (κ1) is 18.1. The average Bonchev–Trinajstić information content (AvgIpc) is 3.37. The first-order chi connectivity index (χ1) is 13.7. The van der Waals surface area contributed by atoms with E-state index in [1.54, 1.807) is 0 Å². The Hall–Kier alpha value is -3.26.